The number of hydrogen-bond acceptors (Lipinski definition) is 7. The Hall–Kier alpha value is -3.82. The van der Waals surface area contributed by atoms with Gasteiger partial charge < -0.3 is 10.1 Å². The van der Waals surface area contributed by atoms with Crippen molar-refractivity contribution in [1.82, 2.24) is 0 Å². The van der Waals surface area contributed by atoms with E-state index in [4.69, 9.17) is 4.74 Å². The van der Waals surface area contributed by atoms with Crippen molar-refractivity contribution in [2.24, 2.45) is 0 Å². The maximum absolute atomic E-state index is 12.0. The van der Waals surface area contributed by atoms with Crippen LogP contribution >= 0.6 is 0 Å². The Kier molecular flexibility index (Phi) is 5.81. The molecule has 2 aromatic carbocycles. The molecule has 0 saturated carbocycles. The molecule has 0 bridgehead atoms. The number of aryl methyl sites for hydroxylation is 2. The van der Waals surface area contributed by atoms with Crippen LogP contribution in [0.25, 0.3) is 0 Å². The predicted molar refractivity (Wildman–Crippen MR) is 94.6 cm³/mol. The molecule has 27 heavy (non-hydrogen) atoms. The minimum atomic E-state index is -0.881. The minimum absolute atomic E-state index is 0.0494. The van der Waals surface area contributed by atoms with Crippen molar-refractivity contribution in [3.63, 3.8) is 0 Å². The standard InChI is InChI=1S/C17H15N3O7/c1-10-3-4-12(8-15(10)20(25)26)17(22)27-9-16(21)18-14-6-5-13(19(23)24)7-11(14)2/h3-8H,9H2,1-2H3,(H,18,21). The van der Waals surface area contributed by atoms with Crippen LogP contribution in [-0.4, -0.2) is 28.3 Å². The van der Waals surface area contributed by atoms with Gasteiger partial charge in [0.2, 0.25) is 0 Å². The summed E-state index contributed by atoms with van der Waals surface area (Å²) >= 11 is 0. The third kappa shape index (κ3) is 4.84. The average Bonchev–Trinajstić information content (AvgIpc) is 2.61. The summed E-state index contributed by atoms with van der Waals surface area (Å²) in [4.78, 5) is 44.3. The van der Waals surface area contributed by atoms with Gasteiger partial charge in [0, 0.05) is 29.4 Å². The van der Waals surface area contributed by atoms with E-state index >= 15 is 0 Å². The van der Waals surface area contributed by atoms with Crippen molar-refractivity contribution in [3.8, 4) is 0 Å². The van der Waals surface area contributed by atoms with Crippen LogP contribution in [0, 0.1) is 34.1 Å². The third-order valence-electron chi connectivity index (χ3n) is 3.67. The molecule has 0 aromatic heterocycles. The van der Waals surface area contributed by atoms with Gasteiger partial charge in [0.15, 0.2) is 6.61 Å². The van der Waals surface area contributed by atoms with Gasteiger partial charge in [-0.15, -0.1) is 0 Å². The van der Waals surface area contributed by atoms with Crippen LogP contribution in [0.15, 0.2) is 36.4 Å². The highest BCUT2D eigenvalue weighted by atomic mass is 16.6. The molecule has 0 fully saturated rings. The molecule has 0 atom stereocenters. The number of hydrogen-bond donors (Lipinski definition) is 1. The molecule has 0 aliphatic heterocycles. The lowest BCUT2D eigenvalue weighted by Crippen LogP contribution is -2.21. The molecule has 1 N–H and O–H groups in total. The fraction of sp³-hybridized carbons (Fsp3) is 0.176. The van der Waals surface area contributed by atoms with E-state index < -0.39 is 28.3 Å². The zero-order valence-electron chi connectivity index (χ0n) is 14.4. The Morgan fingerprint density at radius 3 is 2.30 bits per heavy atom. The molecule has 140 valence electrons. The minimum Gasteiger partial charge on any atom is -0.452 e. The second kappa shape index (κ2) is 8.04. The van der Waals surface area contributed by atoms with E-state index in [1.807, 2.05) is 0 Å². The Bertz CT molecular complexity index is 940. The summed E-state index contributed by atoms with van der Waals surface area (Å²) in [6.07, 6.45) is 0. The number of non-ortho nitro benzene ring substituents is 1. The number of nitro benzene ring substituents is 2. The summed E-state index contributed by atoms with van der Waals surface area (Å²) in [5, 5.41) is 24.1. The number of esters is 1. The Balaban J connectivity index is 1.99. The second-order valence-corrected chi connectivity index (χ2v) is 5.64. The maximum Gasteiger partial charge on any atom is 0.338 e. The Morgan fingerprint density at radius 1 is 1.00 bits per heavy atom. The third-order valence-corrected chi connectivity index (χ3v) is 3.67. The molecule has 0 unspecified atom stereocenters. The second-order valence-electron chi connectivity index (χ2n) is 5.64. The van der Waals surface area contributed by atoms with Gasteiger partial charge in [0.05, 0.1) is 15.4 Å². The van der Waals surface area contributed by atoms with Gasteiger partial charge in [-0.3, -0.25) is 25.0 Å². The molecular weight excluding hydrogens is 358 g/mol. The summed E-state index contributed by atoms with van der Waals surface area (Å²) < 4.78 is 4.86. The molecule has 10 nitrogen and oxygen atoms in total. The number of amides is 1. The van der Waals surface area contributed by atoms with Crippen LogP contribution in [-0.2, 0) is 9.53 Å². The van der Waals surface area contributed by atoms with Crippen molar-refractivity contribution in [2.75, 3.05) is 11.9 Å². The topological polar surface area (TPSA) is 142 Å². The van der Waals surface area contributed by atoms with E-state index in [1.165, 1.54) is 37.3 Å². The number of ether oxygens (including phenoxy) is 1. The summed E-state index contributed by atoms with van der Waals surface area (Å²) in [5.41, 5.74) is 0.813. The summed E-state index contributed by atoms with van der Waals surface area (Å²) in [6.45, 7) is 2.50. The van der Waals surface area contributed by atoms with Gasteiger partial charge in [-0.25, -0.2) is 4.79 Å². The SMILES string of the molecule is Cc1cc([N+](=O)[O-])ccc1NC(=O)COC(=O)c1ccc(C)c([N+](=O)[O-])c1. The lowest BCUT2D eigenvalue weighted by atomic mass is 10.1. The summed E-state index contributed by atoms with van der Waals surface area (Å²) in [5.74, 6) is -1.53. The normalized spacial score (nSPS) is 10.1. The van der Waals surface area contributed by atoms with E-state index in [1.54, 1.807) is 6.92 Å². The number of benzene rings is 2. The summed E-state index contributed by atoms with van der Waals surface area (Å²) in [7, 11) is 0. The number of carbonyl (C=O) groups excluding carboxylic acids is 2. The molecule has 0 saturated heterocycles. The first kappa shape index (κ1) is 19.5. The molecule has 2 rings (SSSR count). The van der Waals surface area contributed by atoms with E-state index in [0.29, 0.717) is 16.8 Å². The molecule has 0 spiro atoms. The number of carbonyl (C=O) groups is 2. The molecular formula is C17H15N3O7. The van der Waals surface area contributed by atoms with E-state index in [2.05, 4.69) is 5.32 Å². The lowest BCUT2D eigenvalue weighted by molar-refractivity contribution is -0.385. The van der Waals surface area contributed by atoms with Gasteiger partial charge in [-0.2, -0.15) is 0 Å². The largest absolute Gasteiger partial charge is 0.452 e. The van der Waals surface area contributed by atoms with Gasteiger partial charge in [-0.05, 0) is 31.5 Å². The average molecular weight is 373 g/mol. The van der Waals surface area contributed by atoms with Crippen molar-refractivity contribution >= 4 is 28.9 Å². The highest BCUT2D eigenvalue weighted by Gasteiger charge is 2.17. The van der Waals surface area contributed by atoms with Gasteiger partial charge >= 0.3 is 5.97 Å². The van der Waals surface area contributed by atoms with Crippen molar-refractivity contribution in [1.29, 1.82) is 0 Å². The number of anilines is 1. The highest BCUT2D eigenvalue weighted by molar-refractivity contribution is 5.96. The van der Waals surface area contributed by atoms with Crippen molar-refractivity contribution < 1.29 is 24.2 Å². The van der Waals surface area contributed by atoms with E-state index in [0.717, 1.165) is 6.07 Å². The number of nitro groups is 2. The zero-order chi connectivity index (χ0) is 20.1. The smallest absolute Gasteiger partial charge is 0.338 e. The number of rotatable bonds is 6. The lowest BCUT2D eigenvalue weighted by Gasteiger charge is -2.09. The van der Waals surface area contributed by atoms with E-state index in [9.17, 15) is 29.8 Å². The fourth-order valence-electron chi connectivity index (χ4n) is 2.24. The van der Waals surface area contributed by atoms with Crippen molar-refractivity contribution in [3.05, 3.63) is 73.3 Å². The maximum atomic E-state index is 12.0. The number of nitrogens with zero attached hydrogens (tertiary/aromatic N) is 2. The fourth-order valence-corrected chi connectivity index (χ4v) is 2.24. The molecule has 10 heteroatoms. The molecule has 0 heterocycles. The first-order chi connectivity index (χ1) is 12.7. The van der Waals surface area contributed by atoms with Crippen LogP contribution < -0.4 is 5.32 Å². The highest BCUT2D eigenvalue weighted by Crippen LogP contribution is 2.21. The van der Waals surface area contributed by atoms with Gasteiger partial charge in [-0.1, -0.05) is 6.07 Å². The molecule has 0 radical (unpaired) electrons. The summed E-state index contributed by atoms with van der Waals surface area (Å²) in [6, 6.07) is 7.76. The van der Waals surface area contributed by atoms with Crippen LogP contribution in [0.3, 0.4) is 0 Å². The van der Waals surface area contributed by atoms with Gasteiger partial charge in [0.25, 0.3) is 17.3 Å². The van der Waals surface area contributed by atoms with Gasteiger partial charge in [0.1, 0.15) is 0 Å². The molecule has 1 amide bonds. The molecule has 0 aliphatic rings. The first-order valence-corrected chi connectivity index (χ1v) is 7.66. The first-order valence-electron chi connectivity index (χ1n) is 7.66. The predicted octanol–water partition coefficient (Wildman–Crippen LogP) is 2.92. The van der Waals surface area contributed by atoms with Crippen LogP contribution in [0.1, 0.15) is 21.5 Å². The van der Waals surface area contributed by atoms with Crippen LogP contribution in [0.2, 0.25) is 0 Å². The quantitative estimate of drug-likeness (QED) is 0.466. The zero-order valence-corrected chi connectivity index (χ0v) is 14.4. The molecule has 0 aliphatic carbocycles. The monoisotopic (exact) mass is 373 g/mol. The molecule has 2 aromatic rings. The van der Waals surface area contributed by atoms with Crippen LogP contribution in [0.4, 0.5) is 17.1 Å². The van der Waals surface area contributed by atoms with E-state index in [-0.39, 0.29) is 16.9 Å². The van der Waals surface area contributed by atoms with Crippen molar-refractivity contribution in [2.45, 2.75) is 13.8 Å². The van der Waals surface area contributed by atoms with Crippen LogP contribution in [0.5, 0.6) is 0 Å². The Morgan fingerprint density at radius 2 is 1.70 bits per heavy atom. The number of nitrogens with one attached hydrogen (secondary N) is 1. The Labute approximate surface area is 153 Å².